The third-order valence-corrected chi connectivity index (χ3v) is 6.70. The highest BCUT2D eigenvalue weighted by molar-refractivity contribution is 8.00. The van der Waals surface area contributed by atoms with Crippen LogP contribution in [0.3, 0.4) is 0 Å². The Labute approximate surface area is 132 Å². The van der Waals surface area contributed by atoms with Crippen LogP contribution in [0.4, 0.5) is 0 Å². The van der Waals surface area contributed by atoms with E-state index in [1.54, 1.807) is 18.2 Å². The van der Waals surface area contributed by atoms with Crippen LogP contribution in [-0.4, -0.2) is 33.0 Å². The summed E-state index contributed by atoms with van der Waals surface area (Å²) in [5.41, 5.74) is 0.979. The van der Waals surface area contributed by atoms with Crippen LogP contribution < -0.4 is 10.0 Å². The Kier molecular flexibility index (Phi) is 6.10. The second-order valence-corrected chi connectivity index (χ2v) is 8.60. The van der Waals surface area contributed by atoms with Crippen LogP contribution in [0.5, 0.6) is 0 Å². The highest BCUT2D eigenvalue weighted by Crippen LogP contribution is 2.25. The predicted octanol–water partition coefficient (Wildman–Crippen LogP) is 2.53. The maximum Gasteiger partial charge on any atom is 0.240 e. The van der Waals surface area contributed by atoms with Crippen molar-refractivity contribution in [2.45, 2.75) is 42.4 Å². The first-order valence-electron chi connectivity index (χ1n) is 7.41. The Morgan fingerprint density at radius 2 is 2.19 bits per heavy atom. The van der Waals surface area contributed by atoms with Crippen molar-refractivity contribution in [2.75, 3.05) is 19.3 Å². The highest BCUT2D eigenvalue weighted by atomic mass is 32.2. The lowest BCUT2D eigenvalue weighted by Gasteiger charge is -2.21. The second-order valence-electron chi connectivity index (χ2n) is 5.42. The molecule has 2 rings (SSSR count). The van der Waals surface area contributed by atoms with Crippen LogP contribution in [0.15, 0.2) is 29.2 Å². The van der Waals surface area contributed by atoms with Crippen LogP contribution in [0.25, 0.3) is 0 Å². The van der Waals surface area contributed by atoms with Gasteiger partial charge in [-0.1, -0.05) is 18.6 Å². The molecular formula is C15H24N2O2S2. The fraction of sp³-hybridized carbons (Fsp3) is 0.600. The zero-order chi connectivity index (χ0) is 15.3. The van der Waals surface area contributed by atoms with Gasteiger partial charge in [-0.05, 0) is 50.3 Å². The molecule has 2 atom stereocenters. The number of sulfonamides is 1. The first-order valence-corrected chi connectivity index (χ1v) is 9.94. The van der Waals surface area contributed by atoms with Gasteiger partial charge in [0.15, 0.2) is 0 Å². The van der Waals surface area contributed by atoms with E-state index in [9.17, 15) is 8.42 Å². The molecule has 2 unspecified atom stereocenters. The van der Waals surface area contributed by atoms with Gasteiger partial charge in [-0.25, -0.2) is 13.1 Å². The maximum atomic E-state index is 12.4. The topological polar surface area (TPSA) is 58.2 Å². The van der Waals surface area contributed by atoms with Crippen molar-refractivity contribution >= 4 is 21.8 Å². The second kappa shape index (κ2) is 7.63. The zero-order valence-electron chi connectivity index (χ0n) is 12.6. The van der Waals surface area contributed by atoms with E-state index >= 15 is 0 Å². The normalized spacial score (nSPS) is 21.1. The van der Waals surface area contributed by atoms with Gasteiger partial charge in [0.25, 0.3) is 0 Å². The molecule has 0 aliphatic carbocycles. The molecule has 0 bridgehead atoms. The monoisotopic (exact) mass is 328 g/mol. The van der Waals surface area contributed by atoms with Crippen LogP contribution in [0.2, 0.25) is 0 Å². The molecule has 0 saturated carbocycles. The van der Waals surface area contributed by atoms with Gasteiger partial charge in [0, 0.05) is 17.8 Å². The van der Waals surface area contributed by atoms with Gasteiger partial charge in [0.2, 0.25) is 10.0 Å². The number of benzene rings is 1. The Bertz CT molecular complexity index is 555. The molecule has 0 radical (unpaired) electrons. The van der Waals surface area contributed by atoms with Gasteiger partial charge in [-0.3, -0.25) is 0 Å². The van der Waals surface area contributed by atoms with Crippen molar-refractivity contribution in [1.29, 1.82) is 0 Å². The summed E-state index contributed by atoms with van der Waals surface area (Å²) >= 11 is 1.87. The lowest BCUT2D eigenvalue weighted by atomic mass is 10.1. The predicted molar refractivity (Wildman–Crippen MR) is 89.2 cm³/mol. The Morgan fingerprint density at radius 3 is 2.86 bits per heavy atom. The molecule has 1 fully saturated rings. The SMILES string of the molecule is CNC(C)c1cccc(S(=O)(=O)NCC2CCCCS2)c1. The van der Waals surface area contributed by atoms with E-state index < -0.39 is 10.0 Å². The Hall–Kier alpha value is -0.560. The first kappa shape index (κ1) is 16.8. The summed E-state index contributed by atoms with van der Waals surface area (Å²) in [6, 6.07) is 7.28. The summed E-state index contributed by atoms with van der Waals surface area (Å²) < 4.78 is 27.6. The van der Waals surface area contributed by atoms with Gasteiger partial charge in [0.1, 0.15) is 0 Å². The van der Waals surface area contributed by atoms with Crippen molar-refractivity contribution in [3.63, 3.8) is 0 Å². The minimum atomic E-state index is -3.42. The third-order valence-electron chi connectivity index (χ3n) is 3.88. The first-order chi connectivity index (χ1) is 10.0. The Morgan fingerprint density at radius 1 is 1.38 bits per heavy atom. The van der Waals surface area contributed by atoms with Crippen molar-refractivity contribution in [2.24, 2.45) is 0 Å². The lowest BCUT2D eigenvalue weighted by molar-refractivity contribution is 0.573. The molecule has 1 aliphatic rings. The molecule has 0 amide bonds. The average molecular weight is 329 g/mol. The molecule has 1 aliphatic heterocycles. The highest BCUT2D eigenvalue weighted by Gasteiger charge is 2.19. The fourth-order valence-electron chi connectivity index (χ4n) is 2.37. The molecule has 0 aromatic heterocycles. The summed E-state index contributed by atoms with van der Waals surface area (Å²) in [6.07, 6.45) is 3.55. The standard InChI is InChI=1S/C15H24N2O2S2/c1-12(16-2)13-6-5-8-15(10-13)21(18,19)17-11-14-7-3-4-9-20-14/h5-6,8,10,12,14,16-17H,3-4,7,9,11H2,1-2H3. The lowest BCUT2D eigenvalue weighted by Crippen LogP contribution is -2.32. The van der Waals surface area contributed by atoms with Crippen LogP contribution in [-0.2, 0) is 10.0 Å². The maximum absolute atomic E-state index is 12.4. The van der Waals surface area contributed by atoms with Gasteiger partial charge in [-0.2, -0.15) is 11.8 Å². The zero-order valence-corrected chi connectivity index (χ0v) is 14.3. The summed E-state index contributed by atoms with van der Waals surface area (Å²) in [6.45, 7) is 2.54. The van der Waals surface area contributed by atoms with Gasteiger partial charge in [-0.15, -0.1) is 0 Å². The van der Waals surface area contributed by atoms with Crippen molar-refractivity contribution in [3.05, 3.63) is 29.8 Å². The average Bonchev–Trinajstić information content (AvgIpc) is 2.53. The minimum absolute atomic E-state index is 0.133. The third kappa shape index (κ3) is 4.71. The van der Waals surface area contributed by atoms with E-state index in [1.807, 2.05) is 31.8 Å². The van der Waals surface area contributed by atoms with E-state index in [0.29, 0.717) is 16.7 Å². The molecule has 1 aromatic carbocycles. The molecule has 118 valence electrons. The molecule has 1 aromatic rings. The summed E-state index contributed by atoms with van der Waals surface area (Å²) in [7, 11) is -1.55. The van der Waals surface area contributed by atoms with E-state index in [1.165, 1.54) is 12.8 Å². The smallest absolute Gasteiger partial charge is 0.240 e. The fourth-order valence-corrected chi connectivity index (χ4v) is 4.85. The van der Waals surface area contributed by atoms with E-state index in [-0.39, 0.29) is 6.04 Å². The van der Waals surface area contributed by atoms with Crippen LogP contribution in [0.1, 0.15) is 37.8 Å². The summed E-state index contributed by atoms with van der Waals surface area (Å²) in [5, 5.41) is 3.54. The van der Waals surface area contributed by atoms with E-state index in [4.69, 9.17) is 0 Å². The number of nitrogens with one attached hydrogen (secondary N) is 2. The van der Waals surface area contributed by atoms with Gasteiger partial charge in [0.05, 0.1) is 4.90 Å². The largest absolute Gasteiger partial charge is 0.313 e. The molecule has 1 heterocycles. The van der Waals surface area contributed by atoms with Crippen LogP contribution in [0, 0.1) is 0 Å². The van der Waals surface area contributed by atoms with Crippen LogP contribution >= 0.6 is 11.8 Å². The molecular weight excluding hydrogens is 304 g/mol. The molecule has 4 nitrogen and oxygen atoms in total. The number of rotatable bonds is 6. The molecule has 6 heteroatoms. The molecule has 1 saturated heterocycles. The molecule has 2 N–H and O–H groups in total. The summed E-state index contributed by atoms with van der Waals surface area (Å²) in [5.74, 6) is 1.14. The van der Waals surface area contributed by atoms with Crippen molar-refractivity contribution in [1.82, 2.24) is 10.0 Å². The van der Waals surface area contributed by atoms with Gasteiger partial charge < -0.3 is 5.32 Å². The van der Waals surface area contributed by atoms with Gasteiger partial charge >= 0.3 is 0 Å². The Balaban J connectivity index is 2.04. The molecule has 21 heavy (non-hydrogen) atoms. The number of hydrogen-bond donors (Lipinski definition) is 2. The van der Waals surface area contributed by atoms with Crippen molar-refractivity contribution < 1.29 is 8.42 Å². The molecule has 0 spiro atoms. The summed E-state index contributed by atoms with van der Waals surface area (Å²) in [4.78, 5) is 0.350. The number of hydrogen-bond acceptors (Lipinski definition) is 4. The van der Waals surface area contributed by atoms with E-state index in [2.05, 4.69) is 10.0 Å². The number of thioether (sulfide) groups is 1. The van der Waals surface area contributed by atoms with Crippen molar-refractivity contribution in [3.8, 4) is 0 Å². The minimum Gasteiger partial charge on any atom is -0.313 e. The quantitative estimate of drug-likeness (QED) is 0.842. The van der Waals surface area contributed by atoms with E-state index in [0.717, 1.165) is 17.7 Å².